The van der Waals surface area contributed by atoms with Crippen LogP contribution in [0.25, 0.3) is 0 Å². The van der Waals surface area contributed by atoms with Crippen molar-refractivity contribution >= 4 is 9.84 Å². The Morgan fingerprint density at radius 2 is 1.38 bits per heavy atom. The molecular weight excluding hydrogens is 318 g/mol. The van der Waals surface area contributed by atoms with Gasteiger partial charge in [-0.3, -0.25) is 4.90 Å². The van der Waals surface area contributed by atoms with Gasteiger partial charge in [-0.05, 0) is 43.0 Å². The molecule has 0 saturated carbocycles. The molecule has 0 aromatic heterocycles. The summed E-state index contributed by atoms with van der Waals surface area (Å²) in [5.41, 5.74) is 2.21. The van der Waals surface area contributed by atoms with Gasteiger partial charge >= 0.3 is 0 Å². The van der Waals surface area contributed by atoms with E-state index in [4.69, 9.17) is 0 Å². The summed E-state index contributed by atoms with van der Waals surface area (Å²) in [5, 5.41) is 0. The third-order valence-corrected chi connectivity index (χ3v) is 6.43. The summed E-state index contributed by atoms with van der Waals surface area (Å²) in [4.78, 5) is 2.43. The molecule has 0 spiro atoms. The Morgan fingerprint density at radius 3 is 1.96 bits per heavy atom. The molecule has 3 rings (SSSR count). The van der Waals surface area contributed by atoms with Gasteiger partial charge in [0.15, 0.2) is 9.84 Å². The van der Waals surface area contributed by atoms with Gasteiger partial charge in [-0.1, -0.05) is 60.7 Å². The first kappa shape index (κ1) is 17.2. The van der Waals surface area contributed by atoms with Gasteiger partial charge in [0, 0.05) is 6.54 Å². The van der Waals surface area contributed by atoms with E-state index in [1.165, 1.54) is 5.56 Å². The number of rotatable bonds is 6. The van der Waals surface area contributed by atoms with Crippen molar-refractivity contribution in [1.29, 1.82) is 0 Å². The van der Waals surface area contributed by atoms with Crippen molar-refractivity contribution in [3.8, 4) is 0 Å². The zero-order chi connectivity index (χ0) is 16.8. The Labute approximate surface area is 145 Å². The second-order valence-electron chi connectivity index (χ2n) is 6.75. The molecule has 4 heteroatoms. The molecule has 2 aromatic carbocycles. The van der Waals surface area contributed by atoms with E-state index in [0.29, 0.717) is 11.7 Å². The maximum atomic E-state index is 12.4. The lowest BCUT2D eigenvalue weighted by atomic mass is 9.98. The number of nitrogens with zero attached hydrogens (tertiary/aromatic N) is 1. The molecule has 0 radical (unpaired) electrons. The molecule has 2 aromatic rings. The van der Waals surface area contributed by atoms with E-state index < -0.39 is 9.84 Å². The van der Waals surface area contributed by atoms with Crippen molar-refractivity contribution in [3.63, 3.8) is 0 Å². The van der Waals surface area contributed by atoms with Crippen LogP contribution in [0.3, 0.4) is 0 Å². The number of benzene rings is 2. The lowest BCUT2D eigenvalue weighted by Gasteiger charge is -2.31. The Bertz CT molecular complexity index is 721. The van der Waals surface area contributed by atoms with Crippen LogP contribution in [0.2, 0.25) is 0 Å². The molecule has 0 N–H and O–H groups in total. The molecule has 1 aliphatic heterocycles. The molecule has 24 heavy (non-hydrogen) atoms. The van der Waals surface area contributed by atoms with Crippen LogP contribution in [0.15, 0.2) is 60.7 Å². The van der Waals surface area contributed by atoms with Crippen molar-refractivity contribution in [2.45, 2.75) is 25.1 Å². The van der Waals surface area contributed by atoms with E-state index in [1.54, 1.807) is 0 Å². The van der Waals surface area contributed by atoms with Crippen molar-refractivity contribution < 1.29 is 8.42 Å². The van der Waals surface area contributed by atoms with Gasteiger partial charge < -0.3 is 0 Å². The summed E-state index contributed by atoms with van der Waals surface area (Å²) >= 11 is 0. The second kappa shape index (κ2) is 7.95. The molecule has 0 aliphatic carbocycles. The van der Waals surface area contributed by atoms with Crippen LogP contribution >= 0.6 is 0 Å². The van der Waals surface area contributed by atoms with Crippen LogP contribution in [-0.2, 0) is 22.1 Å². The third-order valence-electron chi connectivity index (χ3n) is 4.68. The first-order valence-electron chi connectivity index (χ1n) is 8.61. The summed E-state index contributed by atoms with van der Waals surface area (Å²) < 4.78 is 24.9. The molecule has 0 unspecified atom stereocenters. The average molecular weight is 343 g/mol. The normalized spacial score (nSPS) is 17.0. The molecule has 0 amide bonds. The summed E-state index contributed by atoms with van der Waals surface area (Å²) in [5.74, 6) is 0.782. The molecule has 128 valence electrons. The Kier molecular flexibility index (Phi) is 5.69. The van der Waals surface area contributed by atoms with E-state index in [-0.39, 0.29) is 5.75 Å². The molecule has 1 fully saturated rings. The predicted molar refractivity (Wildman–Crippen MR) is 98.4 cm³/mol. The topological polar surface area (TPSA) is 37.4 Å². The number of likely N-dealkylation sites (tertiary alicyclic amines) is 1. The van der Waals surface area contributed by atoms with Crippen LogP contribution < -0.4 is 0 Å². The highest BCUT2D eigenvalue weighted by Crippen LogP contribution is 2.22. The van der Waals surface area contributed by atoms with E-state index in [0.717, 1.165) is 38.0 Å². The van der Waals surface area contributed by atoms with Crippen LogP contribution in [0, 0.1) is 5.92 Å². The molecular formula is C20H25NO2S. The number of hydrogen-bond acceptors (Lipinski definition) is 3. The second-order valence-corrected chi connectivity index (χ2v) is 8.85. The molecule has 0 atom stereocenters. The van der Waals surface area contributed by atoms with Gasteiger partial charge in [0.1, 0.15) is 0 Å². The molecule has 1 saturated heterocycles. The quantitative estimate of drug-likeness (QED) is 0.805. The van der Waals surface area contributed by atoms with Gasteiger partial charge in [-0.15, -0.1) is 0 Å². The standard InChI is InChI=1S/C20H25NO2S/c22-24(23,16-19-9-5-2-6-10-19)17-20-11-13-21(14-12-20)15-18-7-3-1-4-8-18/h1-10,20H,11-17H2. The molecule has 3 nitrogen and oxygen atoms in total. The minimum atomic E-state index is -3.03. The van der Waals surface area contributed by atoms with Gasteiger partial charge in [0.2, 0.25) is 0 Å². The largest absolute Gasteiger partial charge is 0.299 e. The Hall–Kier alpha value is -1.65. The van der Waals surface area contributed by atoms with E-state index in [2.05, 4.69) is 29.2 Å². The van der Waals surface area contributed by atoms with Gasteiger partial charge in [0.25, 0.3) is 0 Å². The van der Waals surface area contributed by atoms with Crippen molar-refractivity contribution in [1.82, 2.24) is 4.90 Å². The highest BCUT2D eigenvalue weighted by Gasteiger charge is 2.24. The molecule has 1 heterocycles. The zero-order valence-electron chi connectivity index (χ0n) is 14.0. The maximum Gasteiger partial charge on any atom is 0.154 e. The number of sulfone groups is 1. The number of hydrogen-bond donors (Lipinski definition) is 0. The highest BCUT2D eigenvalue weighted by atomic mass is 32.2. The Morgan fingerprint density at radius 1 is 0.833 bits per heavy atom. The third kappa shape index (κ3) is 5.18. The lowest BCUT2D eigenvalue weighted by molar-refractivity contribution is 0.186. The van der Waals surface area contributed by atoms with Gasteiger partial charge in [0.05, 0.1) is 11.5 Å². The van der Waals surface area contributed by atoms with Gasteiger partial charge in [-0.2, -0.15) is 0 Å². The first-order chi connectivity index (χ1) is 11.6. The van der Waals surface area contributed by atoms with Crippen LogP contribution in [-0.4, -0.2) is 32.2 Å². The lowest BCUT2D eigenvalue weighted by Crippen LogP contribution is -2.35. The first-order valence-corrected chi connectivity index (χ1v) is 10.4. The molecule has 0 bridgehead atoms. The molecule has 1 aliphatic rings. The fourth-order valence-electron chi connectivity index (χ4n) is 3.40. The fourth-order valence-corrected chi connectivity index (χ4v) is 5.27. The minimum absolute atomic E-state index is 0.165. The number of piperidine rings is 1. The Balaban J connectivity index is 1.48. The maximum absolute atomic E-state index is 12.4. The summed E-state index contributed by atoms with van der Waals surface area (Å²) in [6.07, 6.45) is 1.95. The minimum Gasteiger partial charge on any atom is -0.299 e. The van der Waals surface area contributed by atoms with Crippen LogP contribution in [0.4, 0.5) is 0 Å². The van der Waals surface area contributed by atoms with Crippen LogP contribution in [0.1, 0.15) is 24.0 Å². The SMILES string of the molecule is O=S(=O)(Cc1ccccc1)CC1CCN(Cc2ccccc2)CC1. The fraction of sp³-hybridized carbons (Fsp3) is 0.400. The van der Waals surface area contributed by atoms with Crippen molar-refractivity contribution in [3.05, 3.63) is 71.8 Å². The highest BCUT2D eigenvalue weighted by molar-refractivity contribution is 7.90. The summed E-state index contributed by atoms with van der Waals surface area (Å²) in [6, 6.07) is 20.0. The smallest absolute Gasteiger partial charge is 0.154 e. The van der Waals surface area contributed by atoms with Gasteiger partial charge in [-0.25, -0.2) is 8.42 Å². The summed E-state index contributed by atoms with van der Waals surface area (Å²) in [6.45, 7) is 2.94. The van der Waals surface area contributed by atoms with Crippen molar-refractivity contribution in [2.24, 2.45) is 5.92 Å². The van der Waals surface area contributed by atoms with E-state index in [9.17, 15) is 8.42 Å². The van der Waals surface area contributed by atoms with Crippen molar-refractivity contribution in [2.75, 3.05) is 18.8 Å². The average Bonchev–Trinajstić information content (AvgIpc) is 2.58. The summed E-state index contributed by atoms with van der Waals surface area (Å²) in [7, 11) is -3.03. The monoisotopic (exact) mass is 343 g/mol. The van der Waals surface area contributed by atoms with E-state index >= 15 is 0 Å². The predicted octanol–water partition coefficient (Wildman–Crippen LogP) is 3.51. The van der Waals surface area contributed by atoms with Crippen LogP contribution in [0.5, 0.6) is 0 Å². The van der Waals surface area contributed by atoms with E-state index in [1.807, 2.05) is 36.4 Å². The zero-order valence-corrected chi connectivity index (χ0v) is 14.8.